The number of rotatable bonds is 6. The Labute approximate surface area is 168 Å². The number of ether oxygens (including phenoxy) is 1. The second-order valence-electron chi connectivity index (χ2n) is 6.94. The molecule has 0 fully saturated rings. The summed E-state index contributed by atoms with van der Waals surface area (Å²) in [6.45, 7) is 3.15. The van der Waals surface area contributed by atoms with E-state index >= 15 is 0 Å². The van der Waals surface area contributed by atoms with E-state index in [0.29, 0.717) is 28.3 Å². The number of amides is 2. The molecule has 1 N–H and O–H groups in total. The molecule has 150 valence electrons. The van der Waals surface area contributed by atoms with Gasteiger partial charge in [0.1, 0.15) is 5.75 Å². The normalized spacial score (nSPS) is 15.3. The van der Waals surface area contributed by atoms with Crippen molar-refractivity contribution in [1.82, 2.24) is 0 Å². The largest absolute Gasteiger partial charge is 0.479 e. The Morgan fingerprint density at radius 3 is 2.34 bits per heavy atom. The number of Topliss-reactive ketones (excluding diaryl/α,β-unsaturated/α-hetero) is 2. The number of hydrogen-bond acceptors (Lipinski definition) is 5. The van der Waals surface area contributed by atoms with Crippen molar-refractivity contribution in [3.8, 4) is 5.75 Å². The number of carbonyl (C=O) groups is 4. The molecule has 0 spiro atoms. The third-order valence-electron chi connectivity index (χ3n) is 4.78. The maximum absolute atomic E-state index is 12.5. The third kappa shape index (κ3) is 4.51. The van der Waals surface area contributed by atoms with E-state index in [1.54, 1.807) is 56.4 Å². The molecule has 3 rings (SSSR count). The van der Waals surface area contributed by atoms with Crippen LogP contribution in [-0.4, -0.2) is 36.5 Å². The fourth-order valence-electron chi connectivity index (χ4n) is 3.07. The monoisotopic (exact) mass is 394 g/mol. The molecular weight excluding hydrogens is 372 g/mol. The van der Waals surface area contributed by atoms with Crippen molar-refractivity contribution in [3.05, 3.63) is 53.6 Å². The minimum atomic E-state index is -0.567. The van der Waals surface area contributed by atoms with Gasteiger partial charge in [0.15, 0.2) is 17.7 Å². The molecule has 2 aromatic rings. The lowest BCUT2D eigenvalue weighted by Gasteiger charge is -2.30. The van der Waals surface area contributed by atoms with Crippen LogP contribution < -0.4 is 15.0 Å². The van der Waals surface area contributed by atoms with Crippen LogP contribution >= 0.6 is 0 Å². The standard InChI is InChI=1S/C22H22N2O5/c1-13(25)15-4-7-17(8-5-15)23-21(27)11-9-19(26)16-6-10-20-18(12-16)24(3)22(28)14(2)29-20/h4-8,10,12,14H,9,11H2,1-3H3,(H,23,27). The van der Waals surface area contributed by atoms with Crippen LogP contribution in [0.25, 0.3) is 0 Å². The highest BCUT2D eigenvalue weighted by Crippen LogP contribution is 2.34. The van der Waals surface area contributed by atoms with Crippen molar-refractivity contribution in [2.45, 2.75) is 32.8 Å². The van der Waals surface area contributed by atoms with Crippen LogP contribution in [0.2, 0.25) is 0 Å². The lowest BCUT2D eigenvalue weighted by Crippen LogP contribution is -2.42. The Bertz CT molecular complexity index is 981. The minimum absolute atomic E-state index is 0.0205. The first-order valence-corrected chi connectivity index (χ1v) is 9.28. The summed E-state index contributed by atoms with van der Waals surface area (Å²) >= 11 is 0. The van der Waals surface area contributed by atoms with Gasteiger partial charge in [0.05, 0.1) is 5.69 Å². The molecule has 2 aromatic carbocycles. The lowest BCUT2D eigenvalue weighted by atomic mass is 10.0. The fourth-order valence-corrected chi connectivity index (χ4v) is 3.07. The molecule has 2 amide bonds. The van der Waals surface area contributed by atoms with Crippen LogP contribution in [-0.2, 0) is 9.59 Å². The van der Waals surface area contributed by atoms with Crippen molar-refractivity contribution >= 4 is 34.8 Å². The number of hydrogen-bond donors (Lipinski definition) is 1. The summed E-state index contributed by atoms with van der Waals surface area (Å²) in [6, 6.07) is 11.5. The van der Waals surface area contributed by atoms with Gasteiger partial charge in [-0.2, -0.15) is 0 Å². The van der Waals surface area contributed by atoms with Crippen LogP contribution in [0.3, 0.4) is 0 Å². The van der Waals surface area contributed by atoms with Gasteiger partial charge in [-0.25, -0.2) is 0 Å². The van der Waals surface area contributed by atoms with Gasteiger partial charge in [0, 0.05) is 36.7 Å². The Morgan fingerprint density at radius 1 is 1.03 bits per heavy atom. The summed E-state index contributed by atoms with van der Waals surface area (Å²) in [7, 11) is 1.64. The Kier molecular flexibility index (Phi) is 5.77. The smallest absolute Gasteiger partial charge is 0.267 e. The molecule has 1 unspecified atom stereocenters. The fraction of sp³-hybridized carbons (Fsp3) is 0.273. The molecule has 0 saturated carbocycles. The average Bonchev–Trinajstić information content (AvgIpc) is 2.70. The van der Waals surface area contributed by atoms with Gasteiger partial charge in [0.25, 0.3) is 5.91 Å². The Hall–Kier alpha value is -3.48. The summed E-state index contributed by atoms with van der Waals surface area (Å²) in [6.07, 6.45) is -0.514. The number of nitrogens with one attached hydrogen (secondary N) is 1. The van der Waals surface area contributed by atoms with E-state index in [2.05, 4.69) is 5.32 Å². The highest BCUT2D eigenvalue weighted by Gasteiger charge is 2.29. The average molecular weight is 394 g/mol. The van der Waals surface area contributed by atoms with Crippen molar-refractivity contribution in [1.29, 1.82) is 0 Å². The molecule has 7 nitrogen and oxygen atoms in total. The van der Waals surface area contributed by atoms with E-state index in [1.165, 1.54) is 11.8 Å². The van der Waals surface area contributed by atoms with Gasteiger partial charge in [-0.15, -0.1) is 0 Å². The first-order valence-electron chi connectivity index (χ1n) is 9.28. The molecular formula is C22H22N2O5. The van der Waals surface area contributed by atoms with E-state index < -0.39 is 6.10 Å². The summed E-state index contributed by atoms with van der Waals surface area (Å²) in [5.74, 6) is -0.184. The van der Waals surface area contributed by atoms with Crippen molar-refractivity contribution in [2.75, 3.05) is 17.3 Å². The number of benzene rings is 2. The van der Waals surface area contributed by atoms with Crippen LogP contribution in [0.4, 0.5) is 11.4 Å². The summed E-state index contributed by atoms with van der Waals surface area (Å²) in [5, 5.41) is 2.71. The molecule has 0 radical (unpaired) electrons. The molecule has 1 aliphatic rings. The number of fused-ring (bicyclic) bond motifs is 1. The van der Waals surface area contributed by atoms with Crippen LogP contribution in [0.15, 0.2) is 42.5 Å². The van der Waals surface area contributed by atoms with Gasteiger partial charge < -0.3 is 15.0 Å². The van der Waals surface area contributed by atoms with Gasteiger partial charge in [-0.05, 0) is 56.3 Å². The molecule has 0 aromatic heterocycles. The molecule has 0 aliphatic carbocycles. The zero-order valence-electron chi connectivity index (χ0n) is 16.5. The minimum Gasteiger partial charge on any atom is -0.479 e. The van der Waals surface area contributed by atoms with E-state index in [1.807, 2.05) is 0 Å². The van der Waals surface area contributed by atoms with E-state index in [4.69, 9.17) is 4.74 Å². The Morgan fingerprint density at radius 2 is 1.69 bits per heavy atom. The molecule has 7 heteroatoms. The number of likely N-dealkylation sites (N-methyl/N-ethyl adjacent to an activating group) is 1. The zero-order valence-corrected chi connectivity index (χ0v) is 16.5. The van der Waals surface area contributed by atoms with Crippen LogP contribution in [0, 0.1) is 0 Å². The molecule has 0 bridgehead atoms. The van der Waals surface area contributed by atoms with Crippen molar-refractivity contribution < 1.29 is 23.9 Å². The summed E-state index contributed by atoms with van der Waals surface area (Å²) < 4.78 is 5.55. The quantitative estimate of drug-likeness (QED) is 0.760. The topological polar surface area (TPSA) is 92.8 Å². The maximum Gasteiger partial charge on any atom is 0.267 e. The highest BCUT2D eigenvalue weighted by molar-refractivity contribution is 6.04. The SMILES string of the molecule is CC(=O)c1ccc(NC(=O)CCC(=O)c2ccc3c(c2)N(C)C(=O)C(C)O3)cc1. The predicted octanol–water partition coefficient (Wildman–Crippen LogP) is 3.23. The van der Waals surface area contributed by atoms with E-state index in [0.717, 1.165) is 0 Å². The molecule has 1 aliphatic heterocycles. The third-order valence-corrected chi connectivity index (χ3v) is 4.78. The summed E-state index contributed by atoms with van der Waals surface area (Å²) in [5.41, 5.74) is 2.08. The second-order valence-corrected chi connectivity index (χ2v) is 6.94. The van der Waals surface area contributed by atoms with Crippen molar-refractivity contribution in [3.63, 3.8) is 0 Å². The van der Waals surface area contributed by atoms with Gasteiger partial charge in [0.2, 0.25) is 5.91 Å². The zero-order chi connectivity index (χ0) is 21.1. The van der Waals surface area contributed by atoms with E-state index in [-0.39, 0.29) is 36.2 Å². The second kappa shape index (κ2) is 8.26. The highest BCUT2D eigenvalue weighted by atomic mass is 16.5. The molecule has 1 heterocycles. The lowest BCUT2D eigenvalue weighted by molar-refractivity contribution is -0.125. The first kappa shape index (κ1) is 20.3. The Balaban J connectivity index is 1.60. The number of carbonyl (C=O) groups excluding carboxylic acids is 4. The van der Waals surface area contributed by atoms with E-state index in [9.17, 15) is 19.2 Å². The maximum atomic E-state index is 12.5. The van der Waals surface area contributed by atoms with Gasteiger partial charge in [-0.1, -0.05) is 0 Å². The van der Waals surface area contributed by atoms with Crippen LogP contribution in [0.1, 0.15) is 47.4 Å². The predicted molar refractivity (Wildman–Crippen MR) is 109 cm³/mol. The molecule has 0 saturated heterocycles. The van der Waals surface area contributed by atoms with Crippen LogP contribution in [0.5, 0.6) is 5.75 Å². The number of nitrogens with zero attached hydrogens (tertiary/aromatic N) is 1. The summed E-state index contributed by atoms with van der Waals surface area (Å²) in [4.78, 5) is 49.4. The molecule has 29 heavy (non-hydrogen) atoms. The van der Waals surface area contributed by atoms with Crippen molar-refractivity contribution in [2.24, 2.45) is 0 Å². The molecule has 1 atom stereocenters. The van der Waals surface area contributed by atoms with Gasteiger partial charge in [-0.3, -0.25) is 19.2 Å². The number of ketones is 2. The first-order chi connectivity index (χ1) is 13.8. The van der Waals surface area contributed by atoms with Gasteiger partial charge >= 0.3 is 0 Å². The number of anilines is 2.